The smallest absolute Gasteiger partial charge is 0.120 e. The Kier molecular flexibility index (Phi) is 6.80. The van der Waals surface area contributed by atoms with Gasteiger partial charge in [0.2, 0.25) is 0 Å². The molecule has 138 valence electrons. The van der Waals surface area contributed by atoms with Gasteiger partial charge in [-0.1, -0.05) is 12.1 Å². The molecule has 2 N–H and O–H groups in total. The first-order valence-electron chi connectivity index (χ1n) is 8.82. The number of ether oxygens (including phenoxy) is 1. The summed E-state index contributed by atoms with van der Waals surface area (Å²) in [5.41, 5.74) is 1.15. The Morgan fingerprint density at radius 2 is 2.19 bits per heavy atom. The number of hydrogen-bond donors (Lipinski definition) is 2. The zero-order chi connectivity index (χ0) is 18.0. The van der Waals surface area contributed by atoms with Crippen molar-refractivity contribution >= 4 is 0 Å². The maximum atomic E-state index is 9.32. The largest absolute Gasteiger partial charge is 0.494 e. The van der Waals surface area contributed by atoms with Crippen molar-refractivity contribution < 1.29 is 9.84 Å². The highest BCUT2D eigenvalue weighted by atomic mass is 16.5. The van der Waals surface area contributed by atoms with Crippen LogP contribution in [-0.4, -0.2) is 49.3 Å². The standard InChI is InChI=1S/C19H25N5O2/c25-11-10-24(15-19-21-5-6-22-19)14-17-3-1-4-18(13-17)26-12-2-8-23-9-7-20-16-23/h1,3-7,9,13,16,25H,2,8,10-12,14-15H2,(H,21,22). The van der Waals surface area contributed by atoms with Crippen molar-refractivity contribution in [3.63, 3.8) is 0 Å². The summed E-state index contributed by atoms with van der Waals surface area (Å²) in [6, 6.07) is 8.11. The quantitative estimate of drug-likeness (QED) is 0.515. The number of nitrogens with one attached hydrogen (secondary N) is 1. The highest BCUT2D eigenvalue weighted by Gasteiger charge is 2.09. The molecule has 0 saturated carbocycles. The number of aliphatic hydroxyl groups is 1. The third-order valence-corrected chi connectivity index (χ3v) is 4.04. The highest BCUT2D eigenvalue weighted by Crippen LogP contribution is 2.16. The van der Waals surface area contributed by atoms with Gasteiger partial charge in [-0.3, -0.25) is 4.90 Å². The molecule has 2 aromatic heterocycles. The van der Waals surface area contributed by atoms with Crippen LogP contribution in [0.2, 0.25) is 0 Å². The second-order valence-electron chi connectivity index (χ2n) is 6.12. The average molecular weight is 355 g/mol. The van der Waals surface area contributed by atoms with Crippen LogP contribution < -0.4 is 4.74 Å². The van der Waals surface area contributed by atoms with E-state index in [1.165, 1.54) is 0 Å². The molecule has 0 aliphatic heterocycles. The second-order valence-corrected chi connectivity index (χ2v) is 6.12. The number of rotatable bonds is 11. The van der Waals surface area contributed by atoms with Crippen LogP contribution >= 0.6 is 0 Å². The van der Waals surface area contributed by atoms with Crippen LogP contribution in [0.3, 0.4) is 0 Å². The molecule has 0 radical (unpaired) electrons. The summed E-state index contributed by atoms with van der Waals surface area (Å²) < 4.78 is 7.92. The van der Waals surface area contributed by atoms with E-state index in [1.807, 2.05) is 35.4 Å². The maximum Gasteiger partial charge on any atom is 0.120 e. The first kappa shape index (κ1) is 18.2. The first-order chi connectivity index (χ1) is 12.8. The van der Waals surface area contributed by atoms with Gasteiger partial charge in [0.1, 0.15) is 11.6 Å². The maximum absolute atomic E-state index is 9.32. The van der Waals surface area contributed by atoms with E-state index < -0.39 is 0 Å². The molecule has 0 aliphatic carbocycles. The fourth-order valence-electron chi connectivity index (χ4n) is 2.80. The van der Waals surface area contributed by atoms with E-state index in [0.29, 0.717) is 19.7 Å². The van der Waals surface area contributed by atoms with Crippen LogP contribution in [0.1, 0.15) is 17.8 Å². The van der Waals surface area contributed by atoms with Crippen molar-refractivity contribution in [2.75, 3.05) is 19.8 Å². The summed E-state index contributed by atoms with van der Waals surface area (Å²) >= 11 is 0. The number of hydrogen-bond acceptors (Lipinski definition) is 5. The molecule has 7 heteroatoms. The van der Waals surface area contributed by atoms with E-state index in [0.717, 1.165) is 36.6 Å². The van der Waals surface area contributed by atoms with Gasteiger partial charge in [-0.25, -0.2) is 9.97 Å². The van der Waals surface area contributed by atoms with E-state index >= 15 is 0 Å². The van der Waals surface area contributed by atoms with Crippen LogP contribution in [0.4, 0.5) is 0 Å². The Bertz CT molecular complexity index is 743. The average Bonchev–Trinajstić information content (AvgIpc) is 3.33. The summed E-state index contributed by atoms with van der Waals surface area (Å²) in [6.45, 7) is 3.67. The van der Waals surface area contributed by atoms with E-state index in [4.69, 9.17) is 4.74 Å². The van der Waals surface area contributed by atoms with Gasteiger partial charge >= 0.3 is 0 Å². The topological polar surface area (TPSA) is 79.2 Å². The number of aryl methyl sites for hydroxylation is 1. The lowest BCUT2D eigenvalue weighted by Gasteiger charge is -2.20. The van der Waals surface area contributed by atoms with Gasteiger partial charge in [-0.15, -0.1) is 0 Å². The fraction of sp³-hybridized carbons (Fsp3) is 0.368. The molecule has 2 heterocycles. The summed E-state index contributed by atoms with van der Waals surface area (Å²) in [6.07, 6.45) is 10.0. The molecule has 1 aromatic carbocycles. The molecular formula is C19H25N5O2. The van der Waals surface area contributed by atoms with Crippen molar-refractivity contribution in [1.82, 2.24) is 24.4 Å². The number of H-pyrrole nitrogens is 1. The van der Waals surface area contributed by atoms with Crippen LogP contribution in [-0.2, 0) is 19.6 Å². The number of aromatic amines is 1. The summed E-state index contributed by atoms with van der Waals surface area (Å²) in [7, 11) is 0. The zero-order valence-corrected chi connectivity index (χ0v) is 14.8. The Hall–Kier alpha value is -2.64. The molecule has 3 rings (SSSR count). The monoisotopic (exact) mass is 355 g/mol. The zero-order valence-electron chi connectivity index (χ0n) is 14.8. The Labute approximate surface area is 153 Å². The summed E-state index contributed by atoms with van der Waals surface area (Å²) in [5.74, 6) is 1.76. The van der Waals surface area contributed by atoms with Crippen molar-refractivity contribution in [1.29, 1.82) is 0 Å². The minimum Gasteiger partial charge on any atom is -0.494 e. The van der Waals surface area contributed by atoms with Crippen molar-refractivity contribution in [2.45, 2.75) is 26.1 Å². The van der Waals surface area contributed by atoms with Gasteiger partial charge in [-0.05, 0) is 24.1 Å². The summed E-state index contributed by atoms with van der Waals surface area (Å²) in [4.78, 5) is 13.5. The molecule has 0 unspecified atom stereocenters. The third-order valence-electron chi connectivity index (χ3n) is 4.04. The molecule has 0 fully saturated rings. The molecule has 0 spiro atoms. The Balaban J connectivity index is 1.50. The van der Waals surface area contributed by atoms with E-state index in [9.17, 15) is 5.11 Å². The van der Waals surface area contributed by atoms with E-state index in [1.54, 1.807) is 12.4 Å². The molecule has 7 nitrogen and oxygen atoms in total. The Morgan fingerprint density at radius 3 is 2.96 bits per heavy atom. The lowest BCUT2D eigenvalue weighted by molar-refractivity contribution is 0.181. The number of nitrogens with zero attached hydrogens (tertiary/aromatic N) is 4. The van der Waals surface area contributed by atoms with Crippen LogP contribution in [0, 0.1) is 0 Å². The van der Waals surface area contributed by atoms with E-state index in [-0.39, 0.29) is 6.61 Å². The minimum absolute atomic E-state index is 0.116. The van der Waals surface area contributed by atoms with E-state index in [2.05, 4.69) is 32.0 Å². The normalized spacial score (nSPS) is 11.2. The lowest BCUT2D eigenvalue weighted by Crippen LogP contribution is -2.26. The van der Waals surface area contributed by atoms with Crippen molar-refractivity contribution in [3.05, 3.63) is 66.8 Å². The van der Waals surface area contributed by atoms with Gasteiger partial charge < -0.3 is 19.4 Å². The van der Waals surface area contributed by atoms with Gasteiger partial charge in [0.15, 0.2) is 0 Å². The predicted octanol–water partition coefficient (Wildman–Crippen LogP) is 2.07. The molecule has 3 aromatic rings. The van der Waals surface area contributed by atoms with Gasteiger partial charge in [-0.2, -0.15) is 0 Å². The van der Waals surface area contributed by atoms with Crippen LogP contribution in [0.15, 0.2) is 55.4 Å². The number of aliphatic hydroxyl groups excluding tert-OH is 1. The summed E-state index contributed by atoms with van der Waals surface area (Å²) in [5, 5.41) is 9.32. The molecular weight excluding hydrogens is 330 g/mol. The molecule has 0 bridgehead atoms. The number of benzene rings is 1. The Morgan fingerprint density at radius 1 is 1.23 bits per heavy atom. The van der Waals surface area contributed by atoms with Gasteiger partial charge in [0.05, 0.1) is 26.1 Å². The molecule has 0 saturated heterocycles. The SMILES string of the molecule is OCCN(Cc1cccc(OCCCn2ccnc2)c1)Cc1ncc[nH]1. The first-order valence-corrected chi connectivity index (χ1v) is 8.82. The number of aromatic nitrogens is 4. The van der Waals surface area contributed by atoms with Crippen LogP contribution in [0.5, 0.6) is 5.75 Å². The third kappa shape index (κ3) is 5.72. The highest BCUT2D eigenvalue weighted by molar-refractivity contribution is 5.28. The molecule has 0 amide bonds. The van der Waals surface area contributed by atoms with Gasteiger partial charge in [0.25, 0.3) is 0 Å². The molecule has 0 aliphatic rings. The van der Waals surface area contributed by atoms with Crippen molar-refractivity contribution in [3.8, 4) is 5.75 Å². The minimum atomic E-state index is 0.116. The lowest BCUT2D eigenvalue weighted by atomic mass is 10.2. The van der Waals surface area contributed by atoms with Gasteiger partial charge in [0, 0.05) is 44.4 Å². The van der Waals surface area contributed by atoms with Crippen molar-refractivity contribution in [2.24, 2.45) is 0 Å². The molecule has 26 heavy (non-hydrogen) atoms. The van der Waals surface area contributed by atoms with Crippen LogP contribution in [0.25, 0.3) is 0 Å². The fourth-order valence-corrected chi connectivity index (χ4v) is 2.80. The number of imidazole rings is 2. The predicted molar refractivity (Wildman–Crippen MR) is 98.6 cm³/mol. The molecule has 0 atom stereocenters. The second kappa shape index (κ2) is 9.74.